The zero-order valence-electron chi connectivity index (χ0n) is 11.3. The van der Waals surface area contributed by atoms with Crippen molar-refractivity contribution in [3.63, 3.8) is 0 Å². The zero-order valence-corrected chi connectivity index (χ0v) is 12.9. The van der Waals surface area contributed by atoms with Crippen LogP contribution in [0.3, 0.4) is 0 Å². The summed E-state index contributed by atoms with van der Waals surface area (Å²) in [5, 5.41) is 13.4. The molecular weight excluding hydrogens is 294 g/mol. The minimum Gasteiger partial charge on any atom is -0.389 e. The van der Waals surface area contributed by atoms with Gasteiger partial charge in [0.05, 0.1) is 5.60 Å². The molecule has 3 nitrogen and oxygen atoms in total. The number of aryl methyl sites for hydroxylation is 1. The van der Waals surface area contributed by atoms with Gasteiger partial charge >= 0.3 is 0 Å². The summed E-state index contributed by atoms with van der Waals surface area (Å²) in [6.07, 6.45) is 0.631. The van der Waals surface area contributed by atoms with Crippen molar-refractivity contribution < 1.29 is 9.84 Å². The van der Waals surface area contributed by atoms with Crippen molar-refractivity contribution in [3.8, 4) is 0 Å². The lowest BCUT2D eigenvalue weighted by Crippen LogP contribution is -2.38. The fourth-order valence-corrected chi connectivity index (χ4v) is 2.31. The average Bonchev–Trinajstić information content (AvgIpc) is 2.29. The quantitative estimate of drug-likeness (QED) is 0.812. The lowest BCUT2D eigenvalue weighted by atomic mass is 10.0. The van der Waals surface area contributed by atoms with E-state index in [0.717, 1.165) is 11.0 Å². The van der Waals surface area contributed by atoms with Gasteiger partial charge in [0.2, 0.25) is 0 Å². The Hall–Kier alpha value is -0.420. The molecule has 0 aliphatic carbocycles. The Morgan fingerprint density at radius 1 is 1.44 bits per heavy atom. The fraction of sp³-hybridized carbons (Fsp3) is 0.571. The minimum atomic E-state index is -0.729. The second-order valence-corrected chi connectivity index (χ2v) is 5.79. The van der Waals surface area contributed by atoms with E-state index in [9.17, 15) is 5.11 Å². The Labute approximate surface area is 118 Å². The van der Waals surface area contributed by atoms with E-state index in [1.54, 1.807) is 7.11 Å². The van der Waals surface area contributed by atoms with Crippen molar-refractivity contribution >= 4 is 15.9 Å². The van der Waals surface area contributed by atoms with Crippen molar-refractivity contribution in [3.05, 3.63) is 33.8 Å². The van der Waals surface area contributed by atoms with Crippen molar-refractivity contribution in [2.45, 2.75) is 32.4 Å². The van der Waals surface area contributed by atoms with Crippen LogP contribution in [-0.4, -0.2) is 31.0 Å². The summed E-state index contributed by atoms with van der Waals surface area (Å²) in [7, 11) is 1.65. The van der Waals surface area contributed by atoms with Gasteiger partial charge in [0.25, 0.3) is 0 Å². The third-order valence-corrected chi connectivity index (χ3v) is 3.61. The molecule has 0 fully saturated rings. The Morgan fingerprint density at radius 2 is 2.17 bits per heavy atom. The van der Waals surface area contributed by atoms with Gasteiger partial charge in [-0.2, -0.15) is 0 Å². The summed E-state index contributed by atoms with van der Waals surface area (Å²) < 4.78 is 6.08. The van der Waals surface area contributed by atoms with E-state index >= 15 is 0 Å². The summed E-state index contributed by atoms with van der Waals surface area (Å²) >= 11 is 3.55. The Balaban J connectivity index is 2.41. The van der Waals surface area contributed by atoms with E-state index in [4.69, 9.17) is 4.74 Å². The van der Waals surface area contributed by atoms with Gasteiger partial charge in [-0.1, -0.05) is 28.1 Å². The number of nitrogens with one attached hydrogen (secondary N) is 1. The number of aliphatic hydroxyl groups is 1. The van der Waals surface area contributed by atoms with Crippen molar-refractivity contribution in [2.75, 3.05) is 20.3 Å². The first-order chi connectivity index (χ1) is 8.44. The van der Waals surface area contributed by atoms with Gasteiger partial charge in [-0.3, -0.25) is 0 Å². The van der Waals surface area contributed by atoms with Crippen LogP contribution in [0.2, 0.25) is 0 Å². The molecule has 0 aliphatic heterocycles. The molecule has 1 unspecified atom stereocenters. The molecule has 2 N–H and O–H groups in total. The molecule has 18 heavy (non-hydrogen) atoms. The molecule has 4 heteroatoms. The summed E-state index contributed by atoms with van der Waals surface area (Å²) in [5.74, 6) is 0. The first-order valence-corrected chi connectivity index (χ1v) is 6.91. The average molecular weight is 316 g/mol. The molecule has 0 heterocycles. The molecule has 0 amide bonds. The fourth-order valence-electron chi connectivity index (χ4n) is 1.67. The van der Waals surface area contributed by atoms with Crippen molar-refractivity contribution in [1.82, 2.24) is 5.32 Å². The molecule has 0 aliphatic rings. The number of rotatable bonds is 7. The minimum absolute atomic E-state index is 0.552. The number of methoxy groups -OCH3 is 1. The van der Waals surface area contributed by atoms with Crippen LogP contribution in [0.1, 0.15) is 24.5 Å². The molecule has 1 atom stereocenters. The van der Waals surface area contributed by atoms with Crippen molar-refractivity contribution in [2.24, 2.45) is 0 Å². The molecular formula is C14H22BrNO2. The molecule has 0 bridgehead atoms. The van der Waals surface area contributed by atoms with Crippen molar-refractivity contribution in [1.29, 1.82) is 0 Å². The second-order valence-electron chi connectivity index (χ2n) is 4.94. The summed E-state index contributed by atoms with van der Waals surface area (Å²) in [6.45, 7) is 5.75. The molecule has 102 valence electrons. The van der Waals surface area contributed by atoms with Crippen LogP contribution in [0.25, 0.3) is 0 Å². The first-order valence-electron chi connectivity index (χ1n) is 6.12. The summed E-state index contributed by atoms with van der Waals surface area (Å²) in [5.41, 5.74) is 1.70. The van der Waals surface area contributed by atoms with Gasteiger partial charge in [0.1, 0.15) is 0 Å². The maximum atomic E-state index is 10.1. The number of hydrogen-bond donors (Lipinski definition) is 2. The third-order valence-electron chi connectivity index (χ3n) is 2.87. The van der Waals surface area contributed by atoms with Gasteiger partial charge in [-0.25, -0.2) is 0 Å². The smallest absolute Gasteiger partial charge is 0.0765 e. The topological polar surface area (TPSA) is 41.5 Å². The second kappa shape index (κ2) is 7.24. The van der Waals surface area contributed by atoms with Gasteiger partial charge in [-0.15, -0.1) is 0 Å². The van der Waals surface area contributed by atoms with Crippen LogP contribution in [0.5, 0.6) is 0 Å². The Kier molecular flexibility index (Phi) is 6.29. The maximum Gasteiger partial charge on any atom is 0.0765 e. The Morgan fingerprint density at radius 3 is 2.78 bits per heavy atom. The van der Waals surface area contributed by atoms with E-state index < -0.39 is 5.60 Å². The van der Waals surface area contributed by atoms with E-state index in [-0.39, 0.29) is 0 Å². The lowest BCUT2D eigenvalue weighted by Gasteiger charge is -2.23. The van der Waals surface area contributed by atoms with E-state index in [0.29, 0.717) is 19.6 Å². The van der Waals surface area contributed by atoms with E-state index in [2.05, 4.69) is 46.4 Å². The van der Waals surface area contributed by atoms with Crippen LogP contribution in [0, 0.1) is 6.92 Å². The van der Waals surface area contributed by atoms with E-state index in [1.807, 2.05) is 6.92 Å². The highest BCUT2D eigenvalue weighted by atomic mass is 79.9. The predicted octanol–water partition coefficient (Wildman–Crippen LogP) is 2.63. The van der Waals surface area contributed by atoms with Crippen LogP contribution >= 0.6 is 15.9 Å². The van der Waals surface area contributed by atoms with Crippen LogP contribution < -0.4 is 5.32 Å². The molecule has 0 saturated carbocycles. The summed E-state index contributed by atoms with van der Waals surface area (Å²) in [4.78, 5) is 0. The number of halogens is 1. The van der Waals surface area contributed by atoms with Crippen LogP contribution in [-0.2, 0) is 11.3 Å². The highest BCUT2D eigenvalue weighted by Crippen LogP contribution is 2.18. The molecule has 0 radical (unpaired) electrons. The molecule has 1 rings (SSSR count). The van der Waals surface area contributed by atoms with Gasteiger partial charge in [-0.05, 0) is 31.0 Å². The zero-order chi connectivity index (χ0) is 13.6. The molecule has 0 aromatic heterocycles. The standard InChI is InChI=1S/C14H22BrNO2/c1-11-4-5-12(13(15)8-11)9-16-10-14(2,17)6-7-18-3/h4-5,8,16-17H,6-7,9-10H2,1-3H3. The molecule has 1 aromatic rings. The van der Waals surface area contributed by atoms with Crippen LogP contribution in [0.4, 0.5) is 0 Å². The molecule has 0 spiro atoms. The highest BCUT2D eigenvalue weighted by Gasteiger charge is 2.19. The van der Waals surface area contributed by atoms with E-state index in [1.165, 1.54) is 11.1 Å². The third kappa shape index (κ3) is 5.48. The first kappa shape index (κ1) is 15.6. The highest BCUT2D eigenvalue weighted by molar-refractivity contribution is 9.10. The monoisotopic (exact) mass is 315 g/mol. The SMILES string of the molecule is COCCC(C)(O)CNCc1ccc(C)cc1Br. The number of ether oxygens (including phenoxy) is 1. The number of hydrogen-bond acceptors (Lipinski definition) is 3. The van der Waals surface area contributed by atoms with Gasteiger partial charge in [0.15, 0.2) is 0 Å². The number of benzene rings is 1. The maximum absolute atomic E-state index is 10.1. The Bertz CT molecular complexity index is 380. The van der Waals surface area contributed by atoms with Crippen LogP contribution in [0.15, 0.2) is 22.7 Å². The normalized spacial score (nSPS) is 14.5. The summed E-state index contributed by atoms with van der Waals surface area (Å²) in [6, 6.07) is 6.28. The molecule has 1 aromatic carbocycles. The largest absolute Gasteiger partial charge is 0.389 e. The predicted molar refractivity (Wildman–Crippen MR) is 77.7 cm³/mol. The van der Waals surface area contributed by atoms with Gasteiger partial charge in [0, 0.05) is 37.7 Å². The van der Waals surface area contributed by atoms with Gasteiger partial charge < -0.3 is 15.2 Å². The lowest BCUT2D eigenvalue weighted by molar-refractivity contribution is 0.0247. The molecule has 0 saturated heterocycles.